The van der Waals surface area contributed by atoms with Gasteiger partial charge < -0.3 is 4.90 Å². The molecule has 1 aromatic carbocycles. The number of benzene rings is 1. The van der Waals surface area contributed by atoms with Gasteiger partial charge in [0.25, 0.3) is 5.91 Å². The zero-order chi connectivity index (χ0) is 16.7. The molecule has 3 aromatic rings. The minimum absolute atomic E-state index is 0.0830. The van der Waals surface area contributed by atoms with Crippen LogP contribution in [0.1, 0.15) is 40.6 Å². The molecule has 0 saturated carbocycles. The Morgan fingerprint density at radius 3 is 2.92 bits per heavy atom. The van der Waals surface area contributed by atoms with Crippen molar-refractivity contribution in [3.63, 3.8) is 0 Å². The highest BCUT2D eigenvalue weighted by atomic mass is 32.1. The molecule has 0 aliphatic carbocycles. The number of carbonyl (C=O) groups is 1. The maximum atomic E-state index is 12.8. The Morgan fingerprint density at radius 1 is 1.29 bits per heavy atom. The molecule has 5 heteroatoms. The van der Waals surface area contributed by atoms with Gasteiger partial charge in [0.15, 0.2) is 0 Å². The fraction of sp³-hybridized carbons (Fsp3) is 0.316. The molecule has 1 aliphatic heterocycles. The van der Waals surface area contributed by atoms with Crippen LogP contribution in [0.15, 0.2) is 36.5 Å². The Labute approximate surface area is 145 Å². The summed E-state index contributed by atoms with van der Waals surface area (Å²) in [6.07, 6.45) is 2.76. The summed E-state index contributed by atoms with van der Waals surface area (Å²) < 4.78 is 1.15. The molecule has 1 amide bonds. The first-order valence-electron chi connectivity index (χ1n) is 8.21. The number of fused-ring (bicyclic) bond motifs is 2. The first-order valence-corrected chi connectivity index (χ1v) is 9.03. The molecule has 4 rings (SSSR count). The lowest BCUT2D eigenvalue weighted by atomic mass is 10.1. The molecule has 0 radical (unpaired) electrons. The molecule has 24 heavy (non-hydrogen) atoms. The second-order valence-electron chi connectivity index (χ2n) is 6.67. The summed E-state index contributed by atoms with van der Waals surface area (Å²) in [4.78, 5) is 24.6. The number of thiophene rings is 1. The molecular formula is C19H19N3OS. The number of amides is 1. The van der Waals surface area contributed by atoms with Crippen LogP contribution < -0.4 is 0 Å². The van der Waals surface area contributed by atoms with Crippen molar-refractivity contribution < 1.29 is 4.79 Å². The van der Waals surface area contributed by atoms with E-state index in [9.17, 15) is 4.79 Å². The number of hydrogen-bond acceptors (Lipinski definition) is 4. The van der Waals surface area contributed by atoms with E-state index in [2.05, 4.69) is 29.9 Å². The smallest absolute Gasteiger partial charge is 0.264 e. The zero-order valence-electron chi connectivity index (χ0n) is 13.8. The minimum atomic E-state index is 0.0830. The minimum Gasteiger partial charge on any atom is -0.328 e. The zero-order valence-corrected chi connectivity index (χ0v) is 14.6. The lowest BCUT2D eigenvalue weighted by Gasteiger charge is -2.13. The van der Waals surface area contributed by atoms with Gasteiger partial charge in [0.05, 0.1) is 17.1 Å². The monoisotopic (exact) mass is 337 g/mol. The van der Waals surface area contributed by atoms with E-state index >= 15 is 0 Å². The van der Waals surface area contributed by atoms with Gasteiger partial charge >= 0.3 is 0 Å². The first kappa shape index (κ1) is 15.3. The van der Waals surface area contributed by atoms with Gasteiger partial charge in [-0.3, -0.25) is 4.79 Å². The molecule has 3 heterocycles. The highest BCUT2D eigenvalue weighted by Gasteiger charge is 2.27. The average molecular weight is 337 g/mol. The van der Waals surface area contributed by atoms with Gasteiger partial charge in [-0.25, -0.2) is 9.97 Å². The summed E-state index contributed by atoms with van der Waals surface area (Å²) in [6.45, 7) is 5.50. The van der Waals surface area contributed by atoms with Crippen LogP contribution in [0.3, 0.4) is 0 Å². The highest BCUT2D eigenvalue weighted by molar-refractivity contribution is 7.20. The molecule has 0 saturated heterocycles. The summed E-state index contributed by atoms with van der Waals surface area (Å²) in [7, 11) is 0. The van der Waals surface area contributed by atoms with E-state index in [1.165, 1.54) is 0 Å². The van der Waals surface area contributed by atoms with Crippen molar-refractivity contribution in [1.82, 2.24) is 14.9 Å². The van der Waals surface area contributed by atoms with Crippen LogP contribution >= 0.6 is 11.3 Å². The lowest BCUT2D eigenvalue weighted by Crippen LogP contribution is -2.24. The van der Waals surface area contributed by atoms with Gasteiger partial charge in [-0.05, 0) is 23.4 Å². The van der Waals surface area contributed by atoms with Gasteiger partial charge in [0.1, 0.15) is 5.82 Å². The first-order chi connectivity index (χ1) is 11.6. The number of aromatic nitrogens is 2. The molecule has 122 valence electrons. The van der Waals surface area contributed by atoms with Crippen LogP contribution in [0, 0.1) is 5.92 Å². The molecule has 0 fully saturated rings. The van der Waals surface area contributed by atoms with Crippen LogP contribution in [0.5, 0.6) is 0 Å². The maximum Gasteiger partial charge on any atom is 0.264 e. The van der Waals surface area contributed by atoms with Gasteiger partial charge in [-0.1, -0.05) is 32.0 Å². The fourth-order valence-electron chi connectivity index (χ4n) is 3.04. The van der Waals surface area contributed by atoms with Crippen LogP contribution in [-0.2, 0) is 19.5 Å². The SMILES string of the molecule is CC(C)Cc1ncc2c(n1)CN(C(=O)c1cc3ccccc3s1)C2. The van der Waals surface area contributed by atoms with Crippen molar-refractivity contribution in [2.45, 2.75) is 33.4 Å². The average Bonchev–Trinajstić information content (AvgIpc) is 3.16. The van der Waals surface area contributed by atoms with E-state index in [1.807, 2.05) is 35.4 Å². The normalized spacial score (nSPS) is 13.7. The summed E-state index contributed by atoms with van der Waals surface area (Å²) in [5.74, 6) is 1.49. The molecule has 0 bridgehead atoms. The topological polar surface area (TPSA) is 46.1 Å². The van der Waals surface area contributed by atoms with Crippen LogP contribution in [0.2, 0.25) is 0 Å². The maximum absolute atomic E-state index is 12.8. The Bertz CT molecular complexity index is 883. The van der Waals surface area contributed by atoms with E-state index in [0.29, 0.717) is 19.0 Å². The van der Waals surface area contributed by atoms with Crippen molar-refractivity contribution >= 4 is 27.3 Å². The summed E-state index contributed by atoms with van der Waals surface area (Å²) in [5.41, 5.74) is 2.06. The Morgan fingerprint density at radius 2 is 2.12 bits per heavy atom. The van der Waals surface area contributed by atoms with Gasteiger partial charge in [-0.2, -0.15) is 0 Å². The molecule has 0 atom stereocenters. The third-order valence-corrected chi connectivity index (χ3v) is 5.32. The Hall–Kier alpha value is -2.27. The quantitative estimate of drug-likeness (QED) is 0.724. The third kappa shape index (κ3) is 2.80. The van der Waals surface area contributed by atoms with Crippen molar-refractivity contribution in [2.24, 2.45) is 5.92 Å². The van der Waals surface area contributed by atoms with Crippen LogP contribution in [-0.4, -0.2) is 20.8 Å². The predicted molar refractivity (Wildman–Crippen MR) is 96.0 cm³/mol. The summed E-state index contributed by atoms with van der Waals surface area (Å²) >= 11 is 1.56. The molecule has 0 spiro atoms. The number of rotatable bonds is 3. The van der Waals surface area contributed by atoms with Gasteiger partial charge in [-0.15, -0.1) is 11.3 Å². The molecule has 1 aliphatic rings. The third-order valence-electron chi connectivity index (χ3n) is 4.22. The highest BCUT2D eigenvalue weighted by Crippen LogP contribution is 2.29. The second kappa shape index (κ2) is 5.98. The van der Waals surface area contributed by atoms with Crippen molar-refractivity contribution in [3.05, 3.63) is 58.5 Å². The van der Waals surface area contributed by atoms with E-state index in [-0.39, 0.29) is 5.91 Å². The van der Waals surface area contributed by atoms with Crippen LogP contribution in [0.25, 0.3) is 10.1 Å². The van der Waals surface area contributed by atoms with Crippen LogP contribution in [0.4, 0.5) is 0 Å². The molecule has 4 nitrogen and oxygen atoms in total. The van der Waals surface area contributed by atoms with Crippen molar-refractivity contribution in [2.75, 3.05) is 0 Å². The molecule has 2 aromatic heterocycles. The van der Waals surface area contributed by atoms with E-state index in [1.54, 1.807) is 11.3 Å². The fourth-order valence-corrected chi connectivity index (χ4v) is 4.08. The van der Waals surface area contributed by atoms with Gasteiger partial charge in [0, 0.05) is 29.4 Å². The molecule has 0 N–H and O–H groups in total. The lowest BCUT2D eigenvalue weighted by molar-refractivity contribution is 0.0755. The number of carbonyl (C=O) groups excluding carboxylic acids is 1. The van der Waals surface area contributed by atoms with Gasteiger partial charge in [0.2, 0.25) is 0 Å². The van der Waals surface area contributed by atoms with E-state index < -0.39 is 0 Å². The second-order valence-corrected chi connectivity index (χ2v) is 7.75. The van der Waals surface area contributed by atoms with Crippen molar-refractivity contribution in [1.29, 1.82) is 0 Å². The standard InChI is InChI=1S/C19H19N3OS/c1-12(2)7-18-20-9-14-10-22(11-15(14)21-18)19(23)17-8-13-5-3-4-6-16(13)24-17/h3-6,8-9,12H,7,10-11H2,1-2H3. The van der Waals surface area contributed by atoms with E-state index in [0.717, 1.165) is 38.5 Å². The number of hydrogen-bond donors (Lipinski definition) is 0. The summed E-state index contributed by atoms with van der Waals surface area (Å²) in [6, 6.07) is 10.1. The van der Waals surface area contributed by atoms with E-state index in [4.69, 9.17) is 0 Å². The predicted octanol–water partition coefficient (Wildman–Crippen LogP) is 4.05. The Kier molecular flexibility index (Phi) is 3.81. The molecule has 0 unspecified atom stereocenters. The molecular weight excluding hydrogens is 318 g/mol. The Balaban J connectivity index is 1.56. The summed E-state index contributed by atoms with van der Waals surface area (Å²) in [5, 5.41) is 1.13. The number of nitrogens with zero attached hydrogens (tertiary/aromatic N) is 3. The largest absolute Gasteiger partial charge is 0.328 e. The van der Waals surface area contributed by atoms with Crippen molar-refractivity contribution in [3.8, 4) is 0 Å².